The molecule has 2 rings (SSSR count). The molecule has 2 aromatic heterocycles. The second-order valence-electron chi connectivity index (χ2n) is 3.65. The van der Waals surface area contributed by atoms with Crippen LogP contribution >= 0.6 is 0 Å². The number of carbonyl (C=O) groups is 2. The van der Waals surface area contributed by atoms with Gasteiger partial charge in [0.25, 0.3) is 0 Å². The molecule has 6 nitrogen and oxygen atoms in total. The van der Waals surface area contributed by atoms with Gasteiger partial charge in [-0.2, -0.15) is 0 Å². The standard InChI is InChI=1S/C13H9N2O4/c16-12(17)10-5-1-3-8(14-10)7-9-4-2-6-11(15-9)13(18)19/h1-7H,(H,16,17)(H,18,19). The number of carboxylic acid groups (broad SMARTS) is 2. The van der Waals surface area contributed by atoms with Gasteiger partial charge in [0, 0.05) is 0 Å². The molecule has 0 spiro atoms. The highest BCUT2D eigenvalue weighted by Gasteiger charge is 2.09. The van der Waals surface area contributed by atoms with Gasteiger partial charge in [-0.15, -0.1) is 0 Å². The first-order valence-corrected chi connectivity index (χ1v) is 5.32. The number of aromatic nitrogens is 2. The maximum absolute atomic E-state index is 10.8. The highest BCUT2D eigenvalue weighted by atomic mass is 16.4. The molecule has 0 saturated carbocycles. The summed E-state index contributed by atoms with van der Waals surface area (Å²) in [6, 6.07) is 9.09. The maximum atomic E-state index is 10.8. The normalized spacial score (nSPS) is 10.1. The molecule has 6 heteroatoms. The minimum Gasteiger partial charge on any atom is -0.477 e. The third kappa shape index (κ3) is 3.12. The SMILES string of the molecule is O=C(O)c1cccc([CH]c2cccc(C(=O)O)n2)n1. The van der Waals surface area contributed by atoms with E-state index in [-0.39, 0.29) is 11.4 Å². The van der Waals surface area contributed by atoms with Crippen molar-refractivity contribution in [1.29, 1.82) is 0 Å². The summed E-state index contributed by atoms with van der Waals surface area (Å²) in [7, 11) is 0. The van der Waals surface area contributed by atoms with Crippen LogP contribution in [0.2, 0.25) is 0 Å². The number of rotatable bonds is 4. The zero-order valence-electron chi connectivity index (χ0n) is 9.65. The fourth-order valence-corrected chi connectivity index (χ4v) is 1.45. The minimum absolute atomic E-state index is 0.0804. The van der Waals surface area contributed by atoms with Crippen molar-refractivity contribution < 1.29 is 19.8 Å². The number of nitrogens with zero attached hydrogens (tertiary/aromatic N) is 2. The molecule has 0 fully saturated rings. The Morgan fingerprint density at radius 3 is 1.63 bits per heavy atom. The monoisotopic (exact) mass is 257 g/mol. The van der Waals surface area contributed by atoms with Gasteiger partial charge >= 0.3 is 11.9 Å². The van der Waals surface area contributed by atoms with Crippen molar-refractivity contribution in [1.82, 2.24) is 9.97 Å². The van der Waals surface area contributed by atoms with Crippen LogP contribution in [0.5, 0.6) is 0 Å². The highest BCUT2D eigenvalue weighted by Crippen LogP contribution is 2.09. The summed E-state index contributed by atoms with van der Waals surface area (Å²) in [6.07, 6.45) is 1.51. The summed E-state index contributed by atoms with van der Waals surface area (Å²) in [4.78, 5) is 29.4. The molecule has 0 bridgehead atoms. The second kappa shape index (κ2) is 5.26. The van der Waals surface area contributed by atoms with E-state index >= 15 is 0 Å². The Morgan fingerprint density at radius 2 is 1.26 bits per heavy atom. The molecule has 1 radical (unpaired) electrons. The number of aromatic carboxylic acids is 2. The molecule has 0 aromatic carbocycles. The average molecular weight is 257 g/mol. The smallest absolute Gasteiger partial charge is 0.354 e. The number of carboxylic acids is 2. The van der Waals surface area contributed by atoms with Crippen molar-refractivity contribution in [2.24, 2.45) is 0 Å². The fraction of sp³-hybridized carbons (Fsp3) is 0. The average Bonchev–Trinajstić information content (AvgIpc) is 2.39. The molecule has 2 aromatic rings. The molecular weight excluding hydrogens is 248 g/mol. The van der Waals surface area contributed by atoms with Gasteiger partial charge in [0.15, 0.2) is 0 Å². The molecule has 0 aliphatic carbocycles. The third-order valence-corrected chi connectivity index (χ3v) is 2.28. The first-order chi connectivity index (χ1) is 9.06. The topological polar surface area (TPSA) is 100 Å². The van der Waals surface area contributed by atoms with E-state index in [0.29, 0.717) is 11.4 Å². The van der Waals surface area contributed by atoms with Gasteiger partial charge in [0.05, 0.1) is 17.8 Å². The largest absolute Gasteiger partial charge is 0.477 e. The molecule has 0 unspecified atom stereocenters. The van der Waals surface area contributed by atoms with Crippen molar-refractivity contribution in [3.05, 3.63) is 65.6 Å². The van der Waals surface area contributed by atoms with Gasteiger partial charge in [-0.3, -0.25) is 0 Å². The van der Waals surface area contributed by atoms with Crippen LogP contribution in [-0.2, 0) is 0 Å². The Balaban J connectivity index is 2.26. The Morgan fingerprint density at radius 1 is 0.842 bits per heavy atom. The van der Waals surface area contributed by atoms with E-state index in [1.54, 1.807) is 24.3 Å². The van der Waals surface area contributed by atoms with Crippen molar-refractivity contribution in [3.8, 4) is 0 Å². The maximum Gasteiger partial charge on any atom is 0.354 e. The van der Waals surface area contributed by atoms with Gasteiger partial charge in [-0.1, -0.05) is 12.1 Å². The summed E-state index contributed by atoms with van der Waals surface area (Å²) >= 11 is 0. The van der Waals surface area contributed by atoms with Crippen LogP contribution in [0, 0.1) is 6.42 Å². The molecule has 19 heavy (non-hydrogen) atoms. The lowest BCUT2D eigenvalue weighted by molar-refractivity contribution is 0.0680. The van der Waals surface area contributed by atoms with E-state index in [4.69, 9.17) is 10.2 Å². The van der Waals surface area contributed by atoms with Crippen molar-refractivity contribution in [2.45, 2.75) is 0 Å². The van der Waals surface area contributed by atoms with Gasteiger partial charge in [0.1, 0.15) is 11.4 Å². The molecule has 0 amide bonds. The van der Waals surface area contributed by atoms with E-state index in [9.17, 15) is 9.59 Å². The van der Waals surface area contributed by atoms with Crippen molar-refractivity contribution in [2.75, 3.05) is 0 Å². The van der Waals surface area contributed by atoms with Crippen LogP contribution < -0.4 is 0 Å². The lowest BCUT2D eigenvalue weighted by Gasteiger charge is -2.02. The Labute approximate surface area is 108 Å². The Bertz CT molecular complexity index is 585. The van der Waals surface area contributed by atoms with Gasteiger partial charge in [0.2, 0.25) is 0 Å². The fourth-order valence-electron chi connectivity index (χ4n) is 1.45. The van der Waals surface area contributed by atoms with Crippen molar-refractivity contribution in [3.63, 3.8) is 0 Å². The van der Waals surface area contributed by atoms with E-state index < -0.39 is 11.9 Å². The molecule has 0 atom stereocenters. The van der Waals surface area contributed by atoms with Crippen LogP contribution in [0.25, 0.3) is 0 Å². The summed E-state index contributed by atoms with van der Waals surface area (Å²) < 4.78 is 0. The summed E-state index contributed by atoms with van der Waals surface area (Å²) in [6.45, 7) is 0. The molecular formula is C13H9N2O4. The highest BCUT2D eigenvalue weighted by molar-refractivity contribution is 5.85. The molecule has 2 N–H and O–H groups in total. The summed E-state index contributed by atoms with van der Waals surface area (Å²) in [5.74, 6) is -2.25. The lowest BCUT2D eigenvalue weighted by atomic mass is 10.2. The van der Waals surface area contributed by atoms with E-state index in [1.165, 1.54) is 18.6 Å². The van der Waals surface area contributed by atoms with E-state index in [0.717, 1.165) is 0 Å². The van der Waals surface area contributed by atoms with Gasteiger partial charge in [-0.05, 0) is 24.3 Å². The van der Waals surface area contributed by atoms with Crippen LogP contribution in [0.15, 0.2) is 36.4 Å². The Kier molecular flexibility index (Phi) is 3.51. The first kappa shape index (κ1) is 12.7. The minimum atomic E-state index is -1.12. The van der Waals surface area contributed by atoms with Gasteiger partial charge < -0.3 is 10.2 Å². The number of hydrogen-bond acceptors (Lipinski definition) is 4. The third-order valence-electron chi connectivity index (χ3n) is 2.28. The van der Waals surface area contributed by atoms with Gasteiger partial charge in [-0.25, -0.2) is 19.6 Å². The first-order valence-electron chi connectivity index (χ1n) is 5.32. The predicted molar refractivity (Wildman–Crippen MR) is 64.9 cm³/mol. The predicted octanol–water partition coefficient (Wildman–Crippen LogP) is 1.47. The molecule has 0 aliphatic rings. The summed E-state index contributed by atoms with van der Waals surface area (Å²) in [5, 5.41) is 17.6. The van der Waals surface area contributed by atoms with Crippen molar-refractivity contribution >= 4 is 11.9 Å². The zero-order valence-corrected chi connectivity index (χ0v) is 9.65. The Hall–Kier alpha value is -2.76. The number of hydrogen-bond donors (Lipinski definition) is 2. The summed E-state index contributed by atoms with van der Waals surface area (Å²) in [5.41, 5.74) is 0.635. The van der Waals surface area contributed by atoms with Crippen LogP contribution in [0.1, 0.15) is 32.4 Å². The molecule has 0 aliphatic heterocycles. The van der Waals surface area contributed by atoms with Crippen LogP contribution in [0.4, 0.5) is 0 Å². The quantitative estimate of drug-likeness (QED) is 0.860. The second-order valence-corrected chi connectivity index (χ2v) is 3.65. The lowest BCUT2D eigenvalue weighted by Crippen LogP contribution is -2.04. The van der Waals surface area contributed by atoms with E-state index in [2.05, 4.69) is 9.97 Å². The molecule has 0 saturated heterocycles. The van der Waals surface area contributed by atoms with Crippen LogP contribution in [0.3, 0.4) is 0 Å². The number of pyridine rings is 2. The van der Waals surface area contributed by atoms with Crippen LogP contribution in [-0.4, -0.2) is 32.1 Å². The molecule has 95 valence electrons. The van der Waals surface area contributed by atoms with E-state index in [1.807, 2.05) is 0 Å². The molecule has 2 heterocycles. The zero-order chi connectivity index (χ0) is 13.8.